The van der Waals surface area contributed by atoms with Crippen molar-refractivity contribution >= 4 is 11.8 Å². The number of pyridine rings is 1. The number of nitrogens with two attached hydrogens (primary N) is 1. The molecule has 3 N–H and O–H groups in total. The SMILES string of the molecule is CC(O)(CN)CSc1ccncc1. The molecular formula is C9H14N2OS. The monoisotopic (exact) mass is 198 g/mol. The molecule has 13 heavy (non-hydrogen) atoms. The first-order valence-electron chi connectivity index (χ1n) is 4.09. The topological polar surface area (TPSA) is 59.1 Å². The van der Waals surface area contributed by atoms with Gasteiger partial charge in [-0.25, -0.2) is 0 Å². The zero-order chi connectivity index (χ0) is 9.73. The molecule has 0 radical (unpaired) electrons. The van der Waals surface area contributed by atoms with Gasteiger partial charge in [0.2, 0.25) is 0 Å². The van der Waals surface area contributed by atoms with Gasteiger partial charge in [-0.05, 0) is 19.1 Å². The average molecular weight is 198 g/mol. The van der Waals surface area contributed by atoms with Crippen molar-refractivity contribution in [2.45, 2.75) is 17.4 Å². The minimum absolute atomic E-state index is 0.283. The van der Waals surface area contributed by atoms with E-state index >= 15 is 0 Å². The third-order valence-electron chi connectivity index (χ3n) is 1.64. The standard InChI is InChI=1S/C9H14N2OS/c1-9(12,6-10)7-13-8-2-4-11-5-3-8/h2-5,12H,6-7,10H2,1H3. The van der Waals surface area contributed by atoms with Crippen LogP contribution in [0.3, 0.4) is 0 Å². The fourth-order valence-electron chi connectivity index (χ4n) is 0.732. The van der Waals surface area contributed by atoms with Crippen LogP contribution in [-0.4, -0.2) is 28.0 Å². The Labute approximate surface area is 82.4 Å². The third-order valence-corrected chi connectivity index (χ3v) is 3.01. The summed E-state index contributed by atoms with van der Waals surface area (Å²) in [7, 11) is 0. The number of aliphatic hydroxyl groups is 1. The second-order valence-corrected chi connectivity index (χ2v) is 4.22. The number of thioether (sulfide) groups is 1. The molecule has 3 nitrogen and oxygen atoms in total. The predicted molar refractivity (Wildman–Crippen MR) is 54.6 cm³/mol. The number of hydrogen-bond donors (Lipinski definition) is 2. The van der Waals surface area contributed by atoms with Crippen molar-refractivity contribution in [2.75, 3.05) is 12.3 Å². The second kappa shape index (κ2) is 4.60. The summed E-state index contributed by atoms with van der Waals surface area (Å²) in [5.41, 5.74) is 4.61. The highest BCUT2D eigenvalue weighted by Gasteiger charge is 2.17. The first-order chi connectivity index (χ1) is 6.14. The lowest BCUT2D eigenvalue weighted by Crippen LogP contribution is -2.36. The van der Waals surface area contributed by atoms with E-state index < -0.39 is 5.60 Å². The summed E-state index contributed by atoms with van der Waals surface area (Å²) < 4.78 is 0. The Bertz CT molecular complexity index is 251. The Kier molecular flexibility index (Phi) is 3.71. The Balaban J connectivity index is 2.44. The Hall–Kier alpha value is -0.580. The smallest absolute Gasteiger partial charge is 0.0834 e. The molecule has 0 saturated heterocycles. The molecule has 0 aliphatic carbocycles. The van der Waals surface area contributed by atoms with Gasteiger partial charge in [0.05, 0.1) is 5.60 Å². The van der Waals surface area contributed by atoms with Crippen LogP contribution in [0.2, 0.25) is 0 Å². The highest BCUT2D eigenvalue weighted by atomic mass is 32.2. The molecule has 72 valence electrons. The maximum atomic E-state index is 9.62. The number of aromatic nitrogens is 1. The average Bonchev–Trinajstić information content (AvgIpc) is 2.17. The lowest BCUT2D eigenvalue weighted by Gasteiger charge is -2.19. The number of rotatable bonds is 4. The molecule has 1 unspecified atom stereocenters. The first-order valence-corrected chi connectivity index (χ1v) is 5.08. The molecule has 0 spiro atoms. The summed E-state index contributed by atoms with van der Waals surface area (Å²) in [5.74, 6) is 0.605. The van der Waals surface area contributed by atoms with E-state index in [-0.39, 0.29) is 6.54 Å². The zero-order valence-corrected chi connectivity index (χ0v) is 8.42. The molecule has 0 fully saturated rings. The van der Waals surface area contributed by atoms with E-state index in [9.17, 15) is 5.11 Å². The lowest BCUT2D eigenvalue weighted by molar-refractivity contribution is 0.0949. The van der Waals surface area contributed by atoms with Gasteiger partial charge in [-0.2, -0.15) is 0 Å². The van der Waals surface area contributed by atoms with Crippen LogP contribution in [-0.2, 0) is 0 Å². The van der Waals surface area contributed by atoms with E-state index in [4.69, 9.17) is 5.73 Å². The Morgan fingerprint density at radius 2 is 2.15 bits per heavy atom. The van der Waals surface area contributed by atoms with Crippen molar-refractivity contribution in [2.24, 2.45) is 5.73 Å². The minimum atomic E-state index is -0.784. The Morgan fingerprint density at radius 3 is 2.69 bits per heavy atom. The van der Waals surface area contributed by atoms with Gasteiger partial charge in [0.25, 0.3) is 0 Å². The summed E-state index contributed by atoms with van der Waals surface area (Å²) >= 11 is 1.58. The molecule has 1 rings (SSSR count). The van der Waals surface area contributed by atoms with Crippen LogP contribution in [0.15, 0.2) is 29.4 Å². The molecule has 1 heterocycles. The van der Waals surface area contributed by atoms with E-state index in [0.717, 1.165) is 4.90 Å². The first kappa shape index (κ1) is 10.5. The van der Waals surface area contributed by atoms with Crippen molar-refractivity contribution in [3.8, 4) is 0 Å². The molecule has 1 aromatic rings. The molecule has 0 aliphatic rings. The fourth-order valence-corrected chi connectivity index (χ4v) is 1.64. The van der Waals surface area contributed by atoms with E-state index in [0.29, 0.717) is 5.75 Å². The molecule has 0 bridgehead atoms. The zero-order valence-electron chi connectivity index (χ0n) is 7.60. The summed E-state index contributed by atoms with van der Waals surface area (Å²) in [6, 6.07) is 3.83. The summed E-state index contributed by atoms with van der Waals surface area (Å²) in [5, 5.41) is 9.62. The highest BCUT2D eigenvalue weighted by Crippen LogP contribution is 2.20. The maximum Gasteiger partial charge on any atom is 0.0834 e. The Morgan fingerprint density at radius 1 is 1.54 bits per heavy atom. The van der Waals surface area contributed by atoms with Crippen molar-refractivity contribution in [3.63, 3.8) is 0 Å². The van der Waals surface area contributed by atoms with Gasteiger partial charge in [0, 0.05) is 29.6 Å². The van der Waals surface area contributed by atoms with Crippen molar-refractivity contribution in [3.05, 3.63) is 24.5 Å². The summed E-state index contributed by atoms with van der Waals surface area (Å²) in [4.78, 5) is 5.01. The molecule has 0 saturated carbocycles. The number of nitrogens with zero attached hydrogens (tertiary/aromatic N) is 1. The second-order valence-electron chi connectivity index (χ2n) is 3.17. The van der Waals surface area contributed by atoms with Gasteiger partial charge in [-0.1, -0.05) is 0 Å². The minimum Gasteiger partial charge on any atom is -0.388 e. The van der Waals surface area contributed by atoms with Crippen LogP contribution < -0.4 is 5.73 Å². The summed E-state index contributed by atoms with van der Waals surface area (Å²) in [6.07, 6.45) is 3.47. The molecule has 0 amide bonds. The van der Waals surface area contributed by atoms with E-state index in [1.54, 1.807) is 31.1 Å². The van der Waals surface area contributed by atoms with Crippen LogP contribution in [0, 0.1) is 0 Å². The van der Waals surface area contributed by atoms with Crippen molar-refractivity contribution in [1.82, 2.24) is 4.98 Å². The van der Waals surface area contributed by atoms with Gasteiger partial charge >= 0.3 is 0 Å². The van der Waals surface area contributed by atoms with Crippen LogP contribution in [0.4, 0.5) is 0 Å². The van der Waals surface area contributed by atoms with Crippen LogP contribution in [0.25, 0.3) is 0 Å². The third kappa shape index (κ3) is 3.76. The van der Waals surface area contributed by atoms with Gasteiger partial charge in [-0.3, -0.25) is 4.98 Å². The summed E-state index contributed by atoms with van der Waals surface area (Å²) in [6.45, 7) is 2.02. The largest absolute Gasteiger partial charge is 0.388 e. The maximum absolute atomic E-state index is 9.62. The van der Waals surface area contributed by atoms with Crippen molar-refractivity contribution in [1.29, 1.82) is 0 Å². The van der Waals surface area contributed by atoms with Crippen LogP contribution >= 0.6 is 11.8 Å². The lowest BCUT2D eigenvalue weighted by atomic mass is 10.1. The van der Waals surface area contributed by atoms with Gasteiger partial charge in [0.15, 0.2) is 0 Å². The van der Waals surface area contributed by atoms with E-state index in [2.05, 4.69) is 4.98 Å². The quantitative estimate of drug-likeness (QED) is 0.705. The molecular weight excluding hydrogens is 184 g/mol. The molecule has 1 atom stereocenters. The van der Waals surface area contributed by atoms with E-state index in [1.807, 2.05) is 12.1 Å². The van der Waals surface area contributed by atoms with Gasteiger partial charge in [0.1, 0.15) is 0 Å². The van der Waals surface area contributed by atoms with Gasteiger partial charge < -0.3 is 10.8 Å². The van der Waals surface area contributed by atoms with E-state index in [1.165, 1.54) is 0 Å². The van der Waals surface area contributed by atoms with Crippen LogP contribution in [0.5, 0.6) is 0 Å². The van der Waals surface area contributed by atoms with Crippen molar-refractivity contribution < 1.29 is 5.11 Å². The van der Waals surface area contributed by atoms with Gasteiger partial charge in [-0.15, -0.1) is 11.8 Å². The predicted octanol–water partition coefficient (Wildman–Crippen LogP) is 0.883. The fraction of sp³-hybridized carbons (Fsp3) is 0.444. The number of hydrogen-bond acceptors (Lipinski definition) is 4. The normalized spacial score (nSPS) is 15.3. The molecule has 1 aromatic heterocycles. The van der Waals surface area contributed by atoms with Crippen LogP contribution in [0.1, 0.15) is 6.92 Å². The molecule has 4 heteroatoms. The highest BCUT2D eigenvalue weighted by molar-refractivity contribution is 7.99. The molecule has 0 aromatic carbocycles. The molecule has 0 aliphatic heterocycles.